The van der Waals surface area contributed by atoms with Gasteiger partial charge in [0, 0.05) is 18.7 Å². The second-order valence-electron chi connectivity index (χ2n) is 9.48. The van der Waals surface area contributed by atoms with Gasteiger partial charge in [-0.05, 0) is 62.8 Å². The molecule has 0 amide bonds. The highest BCUT2D eigenvalue weighted by atomic mass is 16.6. The Morgan fingerprint density at radius 2 is 1.62 bits per heavy atom. The monoisotopic (exact) mass is 465 g/mol. The molecule has 0 aromatic heterocycles. The highest BCUT2D eigenvalue weighted by molar-refractivity contribution is 5.94. The predicted molar refractivity (Wildman–Crippen MR) is 137 cm³/mol. The molecule has 1 fully saturated rings. The van der Waals surface area contributed by atoms with Crippen molar-refractivity contribution >= 4 is 11.7 Å². The van der Waals surface area contributed by atoms with Gasteiger partial charge in [0.1, 0.15) is 17.1 Å². The zero-order chi connectivity index (χ0) is 24.6. The lowest BCUT2D eigenvalue weighted by atomic mass is 9.77. The van der Waals surface area contributed by atoms with Crippen LogP contribution >= 0.6 is 0 Å². The van der Waals surface area contributed by atoms with Crippen molar-refractivity contribution in [3.63, 3.8) is 0 Å². The number of cyclic esters (lactones) is 1. The first-order valence-corrected chi connectivity index (χ1v) is 12.6. The average Bonchev–Trinajstić information content (AvgIpc) is 3.37. The number of hydrogen-bond donors (Lipinski definition) is 2. The van der Waals surface area contributed by atoms with E-state index in [4.69, 9.17) is 9.84 Å². The van der Waals surface area contributed by atoms with Gasteiger partial charge in [-0.1, -0.05) is 69.0 Å². The van der Waals surface area contributed by atoms with E-state index < -0.39 is 5.60 Å². The summed E-state index contributed by atoms with van der Waals surface area (Å²) < 4.78 is 6.13. The molecule has 1 aliphatic heterocycles. The highest BCUT2D eigenvalue weighted by Gasteiger charge is 2.48. The maximum absolute atomic E-state index is 13.1. The van der Waals surface area contributed by atoms with Gasteiger partial charge in [-0.2, -0.15) is 0 Å². The Hall–Kier alpha value is -2.95. The van der Waals surface area contributed by atoms with Crippen LogP contribution in [0.5, 0.6) is 5.75 Å². The van der Waals surface area contributed by atoms with Crippen molar-refractivity contribution in [2.45, 2.75) is 77.7 Å². The minimum absolute atomic E-state index is 0.193. The summed E-state index contributed by atoms with van der Waals surface area (Å²) in [5, 5.41) is 19.7. The molecule has 2 aliphatic rings. The molecule has 1 unspecified atom stereocenters. The summed E-state index contributed by atoms with van der Waals surface area (Å²) in [6.45, 7) is 6.85. The van der Waals surface area contributed by atoms with E-state index in [9.17, 15) is 9.90 Å². The van der Waals surface area contributed by atoms with Crippen LogP contribution in [0.1, 0.15) is 70.8 Å². The topological polar surface area (TPSA) is 70.0 Å². The molecule has 184 valence electrons. The number of aryl methyl sites for hydroxylation is 1. The molecule has 2 aromatic carbocycles. The second kappa shape index (κ2) is 12.0. The second-order valence-corrected chi connectivity index (χ2v) is 9.48. The third-order valence-corrected chi connectivity index (χ3v) is 6.82. The number of nitrogens with zero attached hydrogens (tertiary/aromatic N) is 1. The van der Waals surface area contributed by atoms with E-state index in [1.54, 1.807) is 12.1 Å². The summed E-state index contributed by atoms with van der Waals surface area (Å²) in [7, 11) is 0. The first-order valence-electron chi connectivity index (χ1n) is 12.6. The highest BCUT2D eigenvalue weighted by Crippen LogP contribution is 2.46. The molecule has 5 nitrogen and oxygen atoms in total. The van der Waals surface area contributed by atoms with Crippen molar-refractivity contribution in [3.05, 3.63) is 71.6 Å². The third kappa shape index (κ3) is 6.13. The fraction of sp³-hybridized carbons (Fsp3) is 0.483. The first-order chi connectivity index (χ1) is 16.4. The number of anilines is 1. The fourth-order valence-electron chi connectivity index (χ4n) is 5.21. The predicted octanol–water partition coefficient (Wildman–Crippen LogP) is 7.05. The number of phenolic OH excluding ortho intramolecular Hbond substituents is 1. The number of phenols is 1. The van der Waals surface area contributed by atoms with Crippen molar-refractivity contribution in [2.24, 2.45) is 5.92 Å². The molecule has 0 radical (unpaired) electrons. The van der Waals surface area contributed by atoms with Crippen LogP contribution in [0.15, 0.2) is 66.1 Å². The number of aliphatic hydroxyl groups is 1. The minimum Gasteiger partial charge on any atom is -0.510 e. The van der Waals surface area contributed by atoms with Gasteiger partial charge >= 0.3 is 5.97 Å². The van der Waals surface area contributed by atoms with E-state index in [1.807, 2.05) is 54.3 Å². The van der Waals surface area contributed by atoms with Crippen LogP contribution in [-0.2, 0) is 9.53 Å². The van der Waals surface area contributed by atoms with E-state index in [2.05, 4.69) is 13.8 Å². The molecule has 1 aliphatic carbocycles. The quantitative estimate of drug-likeness (QED) is 0.429. The number of aliphatic hydroxyl groups excluding tert-OH is 1. The molecule has 1 heterocycles. The molecule has 1 saturated carbocycles. The molecule has 4 rings (SSSR count). The maximum Gasteiger partial charge on any atom is 0.359 e. The van der Waals surface area contributed by atoms with Gasteiger partial charge < -0.3 is 19.8 Å². The van der Waals surface area contributed by atoms with Gasteiger partial charge in [0.2, 0.25) is 0 Å². The molecule has 0 spiro atoms. The lowest BCUT2D eigenvalue weighted by Crippen LogP contribution is -2.48. The van der Waals surface area contributed by atoms with Gasteiger partial charge in [0.15, 0.2) is 5.70 Å². The number of para-hydroxylation sites is 1. The van der Waals surface area contributed by atoms with Crippen LogP contribution < -0.4 is 4.90 Å². The largest absolute Gasteiger partial charge is 0.510 e. The fourth-order valence-corrected chi connectivity index (χ4v) is 5.21. The molecule has 34 heavy (non-hydrogen) atoms. The van der Waals surface area contributed by atoms with Crippen LogP contribution in [0.2, 0.25) is 0 Å². The number of esters is 1. The zero-order valence-corrected chi connectivity index (χ0v) is 20.8. The molecular formula is C29H39NO4. The smallest absolute Gasteiger partial charge is 0.359 e. The summed E-state index contributed by atoms with van der Waals surface area (Å²) >= 11 is 0. The van der Waals surface area contributed by atoms with Crippen molar-refractivity contribution in [3.8, 4) is 5.75 Å². The van der Waals surface area contributed by atoms with E-state index in [-0.39, 0.29) is 11.7 Å². The summed E-state index contributed by atoms with van der Waals surface area (Å²) in [6, 6.07) is 16.9. The number of carbonyl (C=O) groups excluding carboxylic acids is 1. The number of hydrogen-bond acceptors (Lipinski definition) is 5. The number of ether oxygens (including phenoxy) is 1. The van der Waals surface area contributed by atoms with E-state index >= 15 is 0 Å². The van der Waals surface area contributed by atoms with E-state index in [0.29, 0.717) is 30.3 Å². The first kappa shape index (κ1) is 25.7. The van der Waals surface area contributed by atoms with Gasteiger partial charge in [0.05, 0.1) is 0 Å². The standard InChI is InChI=1S/C22H31NO3.C7H8O/c1-3-14-22(17-10-8-9-11-17)16-19(24)20(21(25)26-22)23(15-4-2)18-12-6-5-7-13-18;1-6-2-4-7(8)5-3-6/h5-7,12-13,17,24H,3-4,8-11,14-16H2,1-2H3;2-5,8H,1H3. The van der Waals surface area contributed by atoms with Gasteiger partial charge in [-0.25, -0.2) is 4.79 Å². The van der Waals surface area contributed by atoms with Crippen LogP contribution in [0, 0.1) is 12.8 Å². The number of carbonyl (C=O) groups is 1. The average molecular weight is 466 g/mol. The molecule has 0 saturated heterocycles. The Morgan fingerprint density at radius 3 is 2.15 bits per heavy atom. The Morgan fingerprint density at radius 1 is 0.971 bits per heavy atom. The Labute approximate surface area is 204 Å². The lowest BCUT2D eigenvalue weighted by molar-refractivity contribution is -0.167. The SMILES string of the molecule is CCCN(C1=C(O)CC(CCC)(C2CCCC2)OC1=O)c1ccccc1.Cc1ccc(O)cc1. The Bertz CT molecular complexity index is 927. The van der Waals surface area contributed by atoms with Gasteiger partial charge in [-0.15, -0.1) is 0 Å². The van der Waals surface area contributed by atoms with Gasteiger partial charge in [-0.3, -0.25) is 0 Å². The van der Waals surface area contributed by atoms with Crippen molar-refractivity contribution in [1.82, 2.24) is 0 Å². The minimum atomic E-state index is -0.523. The molecule has 2 aromatic rings. The molecule has 0 bridgehead atoms. The summed E-state index contributed by atoms with van der Waals surface area (Å²) in [6.07, 6.45) is 7.65. The van der Waals surface area contributed by atoms with Crippen LogP contribution in [-0.4, -0.2) is 28.3 Å². The van der Waals surface area contributed by atoms with Crippen LogP contribution in [0.25, 0.3) is 0 Å². The number of rotatable bonds is 7. The summed E-state index contributed by atoms with van der Waals surface area (Å²) in [4.78, 5) is 15.0. The van der Waals surface area contributed by atoms with Gasteiger partial charge in [0.25, 0.3) is 0 Å². The van der Waals surface area contributed by atoms with Crippen molar-refractivity contribution < 1.29 is 19.7 Å². The number of benzene rings is 2. The maximum atomic E-state index is 13.1. The molecule has 2 N–H and O–H groups in total. The zero-order valence-electron chi connectivity index (χ0n) is 20.8. The summed E-state index contributed by atoms with van der Waals surface area (Å²) in [5.74, 6) is 0.521. The van der Waals surface area contributed by atoms with Crippen LogP contribution in [0.3, 0.4) is 0 Å². The van der Waals surface area contributed by atoms with E-state index in [0.717, 1.165) is 37.8 Å². The normalized spacial score (nSPS) is 20.5. The summed E-state index contributed by atoms with van der Waals surface area (Å²) in [5.41, 5.74) is 1.88. The molecule has 5 heteroatoms. The van der Waals surface area contributed by atoms with Crippen molar-refractivity contribution in [2.75, 3.05) is 11.4 Å². The Kier molecular flexibility index (Phi) is 9.03. The lowest BCUT2D eigenvalue weighted by Gasteiger charge is -2.43. The van der Waals surface area contributed by atoms with Crippen molar-refractivity contribution in [1.29, 1.82) is 0 Å². The molecule has 1 atom stereocenters. The van der Waals surface area contributed by atoms with Crippen LogP contribution in [0.4, 0.5) is 5.69 Å². The molecular weight excluding hydrogens is 426 g/mol. The number of aromatic hydroxyl groups is 1. The van der Waals surface area contributed by atoms with E-state index in [1.165, 1.54) is 18.4 Å². The Balaban J connectivity index is 0.000000343. The third-order valence-electron chi connectivity index (χ3n) is 6.82.